The average Bonchev–Trinajstić information content (AvgIpc) is 3.17. The van der Waals surface area contributed by atoms with Crippen molar-refractivity contribution in [3.8, 4) is 0 Å². The largest absolute Gasteiger partial charge is 0.444 e. The van der Waals surface area contributed by atoms with E-state index in [-0.39, 0.29) is 23.7 Å². The Balaban J connectivity index is 1.59. The van der Waals surface area contributed by atoms with Crippen LogP contribution in [-0.2, 0) is 11.2 Å². The van der Waals surface area contributed by atoms with Crippen LogP contribution >= 0.6 is 15.9 Å². The monoisotopic (exact) mass is 473 g/mol. The number of anilines is 2. The molecule has 0 aliphatic carbocycles. The minimum Gasteiger partial charge on any atom is -0.444 e. The van der Waals surface area contributed by atoms with Crippen LogP contribution in [0.5, 0.6) is 0 Å². The standard InChI is InChI=1S/C21H17BrFN3O4/c1-24-20(28)15-11-14(6-7-16(15)23)25-19(27)10-12-2-4-13(5-3-12)26-21(29)17-8-9-18(22)30-17/h2-9,11H,10H2,1H3,(H,24,28)(H,25,27)(H,26,29). The number of carbonyl (C=O) groups is 3. The molecule has 0 fully saturated rings. The summed E-state index contributed by atoms with van der Waals surface area (Å²) in [5.41, 5.74) is 1.41. The van der Waals surface area contributed by atoms with Crippen LogP contribution in [-0.4, -0.2) is 24.8 Å². The Morgan fingerprint density at radius 1 is 0.933 bits per heavy atom. The summed E-state index contributed by atoms with van der Waals surface area (Å²) < 4.78 is 19.4. The number of benzene rings is 2. The van der Waals surface area contributed by atoms with Crippen LogP contribution in [0.1, 0.15) is 26.5 Å². The Morgan fingerprint density at radius 2 is 1.63 bits per heavy atom. The van der Waals surface area contributed by atoms with E-state index in [9.17, 15) is 18.8 Å². The molecule has 3 N–H and O–H groups in total. The van der Waals surface area contributed by atoms with Crippen molar-refractivity contribution in [2.75, 3.05) is 17.7 Å². The van der Waals surface area contributed by atoms with E-state index in [1.807, 2.05) is 0 Å². The van der Waals surface area contributed by atoms with Crippen molar-refractivity contribution in [3.63, 3.8) is 0 Å². The van der Waals surface area contributed by atoms with Crippen molar-refractivity contribution in [1.29, 1.82) is 0 Å². The van der Waals surface area contributed by atoms with Gasteiger partial charge >= 0.3 is 0 Å². The maximum atomic E-state index is 13.7. The highest BCUT2D eigenvalue weighted by Crippen LogP contribution is 2.18. The highest BCUT2D eigenvalue weighted by atomic mass is 79.9. The van der Waals surface area contributed by atoms with Crippen molar-refractivity contribution in [2.24, 2.45) is 0 Å². The van der Waals surface area contributed by atoms with Crippen LogP contribution in [0.25, 0.3) is 0 Å². The second-order valence-electron chi connectivity index (χ2n) is 6.25. The Kier molecular flexibility index (Phi) is 6.63. The molecule has 30 heavy (non-hydrogen) atoms. The van der Waals surface area contributed by atoms with Crippen molar-refractivity contribution in [2.45, 2.75) is 6.42 Å². The topological polar surface area (TPSA) is 100 Å². The van der Waals surface area contributed by atoms with Gasteiger partial charge in [0.05, 0.1) is 12.0 Å². The summed E-state index contributed by atoms with van der Waals surface area (Å²) in [6.45, 7) is 0. The van der Waals surface area contributed by atoms with Gasteiger partial charge in [-0.25, -0.2) is 4.39 Å². The minimum absolute atomic E-state index is 0.0615. The van der Waals surface area contributed by atoms with E-state index in [4.69, 9.17) is 4.42 Å². The maximum Gasteiger partial charge on any atom is 0.291 e. The number of carbonyl (C=O) groups excluding carboxylic acids is 3. The number of amides is 3. The third kappa shape index (κ3) is 5.32. The van der Waals surface area contributed by atoms with Gasteiger partial charge in [0.1, 0.15) is 5.82 Å². The Morgan fingerprint density at radius 3 is 2.27 bits per heavy atom. The number of hydrogen-bond acceptors (Lipinski definition) is 4. The first-order valence-corrected chi connectivity index (χ1v) is 9.62. The Labute approximate surface area is 179 Å². The molecule has 3 rings (SSSR count). The van der Waals surface area contributed by atoms with Gasteiger partial charge in [-0.15, -0.1) is 0 Å². The first kappa shape index (κ1) is 21.3. The van der Waals surface area contributed by atoms with Crippen LogP contribution in [0.2, 0.25) is 0 Å². The van der Waals surface area contributed by atoms with Crippen LogP contribution < -0.4 is 16.0 Å². The highest BCUT2D eigenvalue weighted by Gasteiger charge is 2.13. The second kappa shape index (κ2) is 9.36. The number of furan rings is 1. The highest BCUT2D eigenvalue weighted by molar-refractivity contribution is 9.10. The van der Waals surface area contributed by atoms with Gasteiger partial charge in [0, 0.05) is 18.4 Å². The summed E-state index contributed by atoms with van der Waals surface area (Å²) in [6, 6.07) is 13.7. The van der Waals surface area contributed by atoms with Crippen molar-refractivity contribution >= 4 is 45.0 Å². The number of hydrogen-bond donors (Lipinski definition) is 3. The average molecular weight is 474 g/mol. The zero-order chi connectivity index (χ0) is 21.7. The molecule has 9 heteroatoms. The molecule has 0 aliphatic heterocycles. The zero-order valence-electron chi connectivity index (χ0n) is 15.8. The smallest absolute Gasteiger partial charge is 0.291 e. The lowest BCUT2D eigenvalue weighted by Gasteiger charge is -2.09. The van der Waals surface area contributed by atoms with Gasteiger partial charge in [-0.3, -0.25) is 14.4 Å². The van der Waals surface area contributed by atoms with Crippen molar-refractivity contribution in [1.82, 2.24) is 5.32 Å². The Bertz CT molecular complexity index is 1100. The lowest BCUT2D eigenvalue weighted by atomic mass is 10.1. The summed E-state index contributed by atoms with van der Waals surface area (Å²) in [6.07, 6.45) is 0.0615. The van der Waals surface area contributed by atoms with Gasteiger partial charge in [-0.2, -0.15) is 0 Å². The molecule has 2 aromatic carbocycles. The summed E-state index contributed by atoms with van der Waals surface area (Å²) >= 11 is 3.14. The molecule has 7 nitrogen and oxygen atoms in total. The first-order valence-electron chi connectivity index (χ1n) is 8.83. The lowest BCUT2D eigenvalue weighted by Crippen LogP contribution is -2.20. The molecular formula is C21H17BrFN3O4. The van der Waals surface area contributed by atoms with Crippen LogP contribution in [0.15, 0.2) is 63.7 Å². The Hall–Kier alpha value is -3.46. The summed E-state index contributed by atoms with van der Waals surface area (Å²) in [5.74, 6) is -1.81. The molecule has 0 atom stereocenters. The van der Waals surface area contributed by atoms with Gasteiger partial charge in [-0.1, -0.05) is 12.1 Å². The third-order valence-electron chi connectivity index (χ3n) is 4.10. The van der Waals surface area contributed by atoms with Gasteiger partial charge in [0.15, 0.2) is 10.4 Å². The van der Waals surface area contributed by atoms with Crippen LogP contribution in [0, 0.1) is 5.82 Å². The van der Waals surface area contributed by atoms with E-state index in [1.54, 1.807) is 36.4 Å². The number of rotatable bonds is 6. The minimum atomic E-state index is -0.674. The molecule has 3 amide bonds. The van der Waals surface area contributed by atoms with E-state index >= 15 is 0 Å². The zero-order valence-corrected chi connectivity index (χ0v) is 17.4. The first-order chi connectivity index (χ1) is 14.4. The van der Waals surface area contributed by atoms with E-state index in [1.165, 1.54) is 19.2 Å². The molecule has 1 heterocycles. The van der Waals surface area contributed by atoms with E-state index < -0.39 is 17.6 Å². The van der Waals surface area contributed by atoms with Gasteiger partial charge in [-0.05, 0) is 64.0 Å². The number of nitrogens with one attached hydrogen (secondary N) is 3. The van der Waals surface area contributed by atoms with Crippen molar-refractivity contribution < 1.29 is 23.2 Å². The molecule has 154 valence electrons. The molecule has 3 aromatic rings. The molecule has 0 radical (unpaired) electrons. The molecule has 0 saturated carbocycles. The number of halogens is 2. The lowest BCUT2D eigenvalue weighted by molar-refractivity contribution is -0.115. The third-order valence-corrected chi connectivity index (χ3v) is 4.52. The molecule has 0 saturated heterocycles. The predicted molar refractivity (Wildman–Crippen MR) is 113 cm³/mol. The fraction of sp³-hybridized carbons (Fsp3) is 0.0952. The normalized spacial score (nSPS) is 10.4. The molecule has 0 spiro atoms. The fourth-order valence-electron chi connectivity index (χ4n) is 2.64. The van der Waals surface area contributed by atoms with Crippen LogP contribution in [0.4, 0.5) is 15.8 Å². The van der Waals surface area contributed by atoms with Gasteiger partial charge < -0.3 is 20.4 Å². The molecule has 1 aromatic heterocycles. The van der Waals surface area contributed by atoms with Gasteiger partial charge in [0.25, 0.3) is 11.8 Å². The van der Waals surface area contributed by atoms with Gasteiger partial charge in [0.2, 0.25) is 5.91 Å². The van der Waals surface area contributed by atoms with Crippen LogP contribution in [0.3, 0.4) is 0 Å². The molecule has 0 bridgehead atoms. The summed E-state index contributed by atoms with van der Waals surface area (Å²) in [4.78, 5) is 36.0. The van der Waals surface area contributed by atoms with E-state index in [2.05, 4.69) is 31.9 Å². The predicted octanol–water partition coefficient (Wildman–Crippen LogP) is 3.97. The molecule has 0 unspecified atom stereocenters. The summed E-state index contributed by atoms with van der Waals surface area (Å²) in [5, 5.41) is 7.67. The molecule has 0 aliphatic rings. The molecular weight excluding hydrogens is 457 g/mol. The van der Waals surface area contributed by atoms with E-state index in [0.29, 0.717) is 21.6 Å². The fourth-order valence-corrected chi connectivity index (χ4v) is 2.94. The quantitative estimate of drug-likeness (QED) is 0.504. The SMILES string of the molecule is CNC(=O)c1cc(NC(=O)Cc2ccc(NC(=O)c3ccc(Br)o3)cc2)ccc1F. The summed E-state index contributed by atoms with van der Waals surface area (Å²) in [7, 11) is 1.40. The van der Waals surface area contributed by atoms with E-state index in [0.717, 1.165) is 6.07 Å². The van der Waals surface area contributed by atoms with Crippen molar-refractivity contribution in [3.05, 3.63) is 82.0 Å². The second-order valence-corrected chi connectivity index (χ2v) is 7.04. The maximum absolute atomic E-state index is 13.7.